The summed E-state index contributed by atoms with van der Waals surface area (Å²) in [7, 11) is 0. The predicted octanol–water partition coefficient (Wildman–Crippen LogP) is 4.10. The van der Waals surface area contributed by atoms with Crippen molar-refractivity contribution >= 4 is 41.5 Å². The SMILES string of the molecule is CC(Cc1ccc(Cl)cc1Cl)C(=O)NCCC1CCCNC1.Cl. The lowest BCUT2D eigenvalue weighted by Gasteiger charge is -2.23. The van der Waals surface area contributed by atoms with Crippen LogP contribution in [0.15, 0.2) is 18.2 Å². The third-order valence-corrected chi connectivity index (χ3v) is 4.83. The first-order valence-electron chi connectivity index (χ1n) is 7.98. The van der Waals surface area contributed by atoms with Crippen molar-refractivity contribution < 1.29 is 4.79 Å². The molecule has 1 fully saturated rings. The van der Waals surface area contributed by atoms with Crippen molar-refractivity contribution in [2.45, 2.75) is 32.6 Å². The molecule has 2 atom stereocenters. The van der Waals surface area contributed by atoms with Gasteiger partial charge in [0.05, 0.1) is 0 Å². The highest BCUT2D eigenvalue weighted by Crippen LogP contribution is 2.23. The summed E-state index contributed by atoms with van der Waals surface area (Å²) < 4.78 is 0. The lowest BCUT2D eigenvalue weighted by atomic mass is 9.96. The summed E-state index contributed by atoms with van der Waals surface area (Å²) >= 11 is 12.1. The number of rotatable bonds is 6. The molecule has 0 aromatic heterocycles. The van der Waals surface area contributed by atoms with Crippen LogP contribution in [0.5, 0.6) is 0 Å². The second kappa shape index (κ2) is 10.4. The molecular formula is C17H25Cl3N2O. The van der Waals surface area contributed by atoms with E-state index < -0.39 is 0 Å². The van der Waals surface area contributed by atoms with Crippen LogP contribution in [0.2, 0.25) is 10.0 Å². The second-order valence-corrected chi connectivity index (χ2v) is 6.98. The smallest absolute Gasteiger partial charge is 0.223 e. The van der Waals surface area contributed by atoms with Gasteiger partial charge in [-0.3, -0.25) is 4.79 Å². The Morgan fingerprint density at radius 3 is 2.87 bits per heavy atom. The molecule has 0 saturated carbocycles. The normalized spacial score (nSPS) is 18.8. The molecule has 1 aliphatic rings. The molecule has 3 nitrogen and oxygen atoms in total. The summed E-state index contributed by atoms with van der Waals surface area (Å²) in [5.41, 5.74) is 0.963. The molecular weight excluding hydrogens is 355 g/mol. The van der Waals surface area contributed by atoms with Crippen LogP contribution in [0.25, 0.3) is 0 Å². The van der Waals surface area contributed by atoms with Gasteiger partial charge in [-0.1, -0.05) is 36.2 Å². The molecule has 0 spiro atoms. The minimum absolute atomic E-state index is 0. The number of halogens is 3. The minimum atomic E-state index is -0.0943. The number of carbonyl (C=O) groups excluding carboxylic acids is 1. The zero-order chi connectivity index (χ0) is 15.9. The molecule has 6 heteroatoms. The van der Waals surface area contributed by atoms with Gasteiger partial charge >= 0.3 is 0 Å². The Kier molecular flexibility index (Phi) is 9.30. The van der Waals surface area contributed by atoms with Gasteiger partial charge < -0.3 is 10.6 Å². The van der Waals surface area contributed by atoms with Crippen molar-refractivity contribution in [3.63, 3.8) is 0 Å². The topological polar surface area (TPSA) is 41.1 Å². The van der Waals surface area contributed by atoms with Crippen LogP contribution in [-0.4, -0.2) is 25.5 Å². The van der Waals surface area contributed by atoms with Crippen molar-refractivity contribution in [3.8, 4) is 0 Å². The molecule has 1 saturated heterocycles. The number of hydrogen-bond acceptors (Lipinski definition) is 2. The lowest BCUT2D eigenvalue weighted by Crippen LogP contribution is -2.35. The van der Waals surface area contributed by atoms with Crippen LogP contribution in [0, 0.1) is 11.8 Å². The first kappa shape index (κ1) is 20.6. The van der Waals surface area contributed by atoms with Crippen LogP contribution >= 0.6 is 35.6 Å². The molecule has 1 aromatic carbocycles. The Morgan fingerprint density at radius 1 is 1.43 bits per heavy atom. The van der Waals surface area contributed by atoms with Crippen LogP contribution in [-0.2, 0) is 11.2 Å². The van der Waals surface area contributed by atoms with E-state index in [0.29, 0.717) is 22.4 Å². The zero-order valence-electron chi connectivity index (χ0n) is 13.4. The molecule has 0 radical (unpaired) electrons. The largest absolute Gasteiger partial charge is 0.356 e. The number of nitrogens with one attached hydrogen (secondary N) is 2. The van der Waals surface area contributed by atoms with E-state index in [1.807, 2.05) is 19.1 Å². The van der Waals surface area contributed by atoms with Crippen molar-refractivity contribution in [2.75, 3.05) is 19.6 Å². The maximum absolute atomic E-state index is 12.2. The number of hydrogen-bond donors (Lipinski definition) is 2. The zero-order valence-corrected chi connectivity index (χ0v) is 15.7. The van der Waals surface area contributed by atoms with E-state index in [4.69, 9.17) is 23.2 Å². The van der Waals surface area contributed by atoms with Crippen molar-refractivity contribution in [1.29, 1.82) is 0 Å². The first-order chi connectivity index (χ1) is 10.6. The molecule has 1 aromatic rings. The molecule has 1 aliphatic heterocycles. The lowest BCUT2D eigenvalue weighted by molar-refractivity contribution is -0.124. The molecule has 0 bridgehead atoms. The average Bonchev–Trinajstić information content (AvgIpc) is 2.51. The number of amides is 1. The Balaban J connectivity index is 0.00000264. The molecule has 2 rings (SSSR count). The van der Waals surface area contributed by atoms with E-state index in [-0.39, 0.29) is 24.2 Å². The Hall–Kier alpha value is -0.480. The van der Waals surface area contributed by atoms with E-state index in [9.17, 15) is 4.79 Å². The molecule has 1 amide bonds. The quantitative estimate of drug-likeness (QED) is 0.781. The maximum Gasteiger partial charge on any atom is 0.223 e. The van der Waals surface area contributed by atoms with Gasteiger partial charge in [-0.25, -0.2) is 0 Å². The summed E-state index contributed by atoms with van der Waals surface area (Å²) in [6.07, 6.45) is 4.18. The highest BCUT2D eigenvalue weighted by Gasteiger charge is 2.17. The van der Waals surface area contributed by atoms with Gasteiger partial charge in [0.2, 0.25) is 5.91 Å². The third kappa shape index (κ3) is 6.88. The van der Waals surface area contributed by atoms with E-state index in [1.54, 1.807) is 6.07 Å². The van der Waals surface area contributed by atoms with Crippen molar-refractivity contribution in [3.05, 3.63) is 33.8 Å². The summed E-state index contributed by atoms with van der Waals surface area (Å²) in [5, 5.41) is 7.69. The molecule has 23 heavy (non-hydrogen) atoms. The van der Waals surface area contributed by atoms with E-state index in [2.05, 4.69) is 10.6 Å². The fraction of sp³-hybridized carbons (Fsp3) is 0.588. The fourth-order valence-electron chi connectivity index (χ4n) is 2.85. The third-order valence-electron chi connectivity index (χ3n) is 4.24. The van der Waals surface area contributed by atoms with Crippen LogP contribution < -0.4 is 10.6 Å². The van der Waals surface area contributed by atoms with Gasteiger partial charge in [0.1, 0.15) is 0 Å². The summed E-state index contributed by atoms with van der Waals surface area (Å²) in [4.78, 5) is 12.2. The number of carbonyl (C=O) groups is 1. The summed E-state index contributed by atoms with van der Waals surface area (Å²) in [6.45, 7) is 4.89. The highest BCUT2D eigenvalue weighted by molar-refractivity contribution is 6.35. The second-order valence-electron chi connectivity index (χ2n) is 6.13. The van der Waals surface area contributed by atoms with E-state index >= 15 is 0 Å². The summed E-state index contributed by atoms with van der Waals surface area (Å²) in [5.74, 6) is 0.688. The van der Waals surface area contributed by atoms with Gasteiger partial charge in [-0.15, -0.1) is 12.4 Å². The van der Waals surface area contributed by atoms with Crippen LogP contribution in [0.3, 0.4) is 0 Å². The maximum atomic E-state index is 12.2. The van der Waals surface area contributed by atoms with Crippen molar-refractivity contribution in [2.24, 2.45) is 11.8 Å². The Labute approximate surface area is 154 Å². The molecule has 0 aliphatic carbocycles. The monoisotopic (exact) mass is 378 g/mol. The minimum Gasteiger partial charge on any atom is -0.356 e. The first-order valence-corrected chi connectivity index (χ1v) is 8.74. The van der Waals surface area contributed by atoms with Crippen LogP contribution in [0.1, 0.15) is 31.7 Å². The summed E-state index contributed by atoms with van der Waals surface area (Å²) in [6, 6.07) is 5.42. The fourth-order valence-corrected chi connectivity index (χ4v) is 3.34. The molecule has 130 valence electrons. The standard InChI is InChI=1S/C17H24Cl2N2O.ClH/c1-12(9-14-4-5-15(18)10-16(14)19)17(22)21-8-6-13-3-2-7-20-11-13;/h4-5,10,12-13,20H,2-3,6-9,11H2,1H3,(H,21,22);1H. The number of benzene rings is 1. The number of piperidine rings is 1. The van der Waals surface area contributed by atoms with Gasteiger partial charge in [-0.2, -0.15) is 0 Å². The molecule has 2 N–H and O–H groups in total. The van der Waals surface area contributed by atoms with E-state index in [1.165, 1.54) is 12.8 Å². The Morgan fingerprint density at radius 2 is 2.22 bits per heavy atom. The van der Waals surface area contributed by atoms with Gasteiger partial charge in [-0.05, 0) is 62.4 Å². The predicted molar refractivity (Wildman–Crippen MR) is 99.8 cm³/mol. The molecule has 1 heterocycles. The van der Waals surface area contributed by atoms with Gasteiger partial charge in [0, 0.05) is 22.5 Å². The average molecular weight is 380 g/mol. The van der Waals surface area contributed by atoms with Crippen molar-refractivity contribution in [1.82, 2.24) is 10.6 Å². The van der Waals surface area contributed by atoms with E-state index in [0.717, 1.165) is 31.6 Å². The van der Waals surface area contributed by atoms with Gasteiger partial charge in [0.15, 0.2) is 0 Å². The van der Waals surface area contributed by atoms with Gasteiger partial charge in [0.25, 0.3) is 0 Å². The highest BCUT2D eigenvalue weighted by atomic mass is 35.5. The van der Waals surface area contributed by atoms with Crippen LogP contribution in [0.4, 0.5) is 0 Å². The molecule has 2 unspecified atom stereocenters. The Bertz CT molecular complexity index is 505.